The molecule has 0 saturated heterocycles. The Balaban J connectivity index is 1.49. The zero-order chi connectivity index (χ0) is 22.7. The molecule has 0 aliphatic rings. The van der Waals surface area contributed by atoms with E-state index in [0.717, 1.165) is 31.5 Å². The summed E-state index contributed by atoms with van der Waals surface area (Å²) in [5.41, 5.74) is 3.84. The Hall–Kier alpha value is -3.10. The molecule has 0 fully saturated rings. The first-order chi connectivity index (χ1) is 15.5. The molecule has 0 bridgehead atoms. The minimum absolute atomic E-state index is 0.0510. The van der Waals surface area contributed by atoms with Gasteiger partial charge in [-0.3, -0.25) is 14.9 Å². The van der Waals surface area contributed by atoms with Gasteiger partial charge in [0.15, 0.2) is 0 Å². The van der Waals surface area contributed by atoms with E-state index in [1.54, 1.807) is 24.8 Å². The van der Waals surface area contributed by atoms with Crippen LogP contribution in [0.25, 0.3) is 22.2 Å². The molecule has 0 unspecified atom stereocenters. The minimum Gasteiger partial charge on any atom is -0.354 e. The molecule has 4 aromatic rings. The van der Waals surface area contributed by atoms with Crippen LogP contribution >= 0.6 is 27.7 Å². The Morgan fingerprint density at radius 3 is 2.59 bits per heavy atom. The molecule has 3 aromatic carbocycles. The number of benzene rings is 3. The van der Waals surface area contributed by atoms with Gasteiger partial charge in [0.25, 0.3) is 11.6 Å². The van der Waals surface area contributed by atoms with Crippen molar-refractivity contribution in [1.82, 2.24) is 10.3 Å². The maximum Gasteiger partial charge on any atom is 0.273 e. The van der Waals surface area contributed by atoms with Gasteiger partial charge in [-0.2, -0.15) is 0 Å². The number of hydrogen-bond acceptors (Lipinski definition) is 4. The van der Waals surface area contributed by atoms with Gasteiger partial charge >= 0.3 is 0 Å². The van der Waals surface area contributed by atoms with Crippen LogP contribution < -0.4 is 5.32 Å². The highest BCUT2D eigenvalue weighted by Gasteiger charge is 2.18. The SMILES string of the molecule is Cc1c(C(=O)NCCSc2c(-c3ccc(Br)cc3)[nH]c3ccccc23)cccc1[N+](=O)[O-]. The second-order valence-electron chi connectivity index (χ2n) is 7.19. The monoisotopic (exact) mass is 509 g/mol. The molecule has 0 aliphatic carbocycles. The molecular formula is C24H20BrN3O3S. The highest BCUT2D eigenvalue weighted by Crippen LogP contribution is 2.37. The van der Waals surface area contributed by atoms with Crippen LogP contribution in [0.2, 0.25) is 0 Å². The summed E-state index contributed by atoms with van der Waals surface area (Å²) in [4.78, 5) is 27.9. The van der Waals surface area contributed by atoms with E-state index in [4.69, 9.17) is 0 Å². The summed E-state index contributed by atoms with van der Waals surface area (Å²) in [6.45, 7) is 2.03. The number of aromatic nitrogens is 1. The molecule has 0 spiro atoms. The third-order valence-corrected chi connectivity index (χ3v) is 6.82. The summed E-state index contributed by atoms with van der Waals surface area (Å²) < 4.78 is 1.02. The number of nitrogens with one attached hydrogen (secondary N) is 2. The zero-order valence-corrected chi connectivity index (χ0v) is 19.6. The predicted molar refractivity (Wildman–Crippen MR) is 132 cm³/mol. The third kappa shape index (κ3) is 4.56. The summed E-state index contributed by atoms with van der Waals surface area (Å²) in [6, 6.07) is 20.8. The number of nitro groups is 1. The molecule has 8 heteroatoms. The Bertz CT molecular complexity index is 1300. The second-order valence-corrected chi connectivity index (χ2v) is 9.21. The molecule has 4 rings (SSSR count). The van der Waals surface area contributed by atoms with Crippen LogP contribution in [0.5, 0.6) is 0 Å². The summed E-state index contributed by atoms with van der Waals surface area (Å²) in [5, 5.41) is 15.1. The number of nitro benzene ring substituents is 1. The van der Waals surface area contributed by atoms with Gasteiger partial charge in [-0.15, -0.1) is 11.8 Å². The van der Waals surface area contributed by atoms with E-state index >= 15 is 0 Å². The Morgan fingerprint density at radius 1 is 1.09 bits per heavy atom. The van der Waals surface area contributed by atoms with Gasteiger partial charge in [0.05, 0.1) is 10.6 Å². The van der Waals surface area contributed by atoms with Crippen LogP contribution in [-0.4, -0.2) is 28.1 Å². The lowest BCUT2D eigenvalue weighted by Crippen LogP contribution is -2.26. The Morgan fingerprint density at radius 2 is 1.84 bits per heavy atom. The fraction of sp³-hybridized carbons (Fsp3) is 0.125. The molecule has 2 N–H and O–H groups in total. The number of H-pyrrole nitrogens is 1. The Labute approximate surface area is 197 Å². The summed E-state index contributed by atoms with van der Waals surface area (Å²) in [5.74, 6) is 0.351. The quantitative estimate of drug-likeness (QED) is 0.132. The first kappa shape index (κ1) is 22.1. The van der Waals surface area contributed by atoms with Gasteiger partial charge in [-0.05, 0) is 36.8 Å². The molecule has 1 aromatic heterocycles. The molecule has 0 saturated carbocycles. The standard InChI is InChI=1S/C24H20BrN3O3S/c1-15-18(6-4-8-21(15)28(30)31)24(29)26-13-14-32-23-19-5-2-3-7-20(19)27-22(23)16-9-11-17(25)12-10-16/h2-12,27H,13-14H2,1H3,(H,26,29). The fourth-order valence-electron chi connectivity index (χ4n) is 3.57. The van der Waals surface area contributed by atoms with Gasteiger partial charge in [-0.1, -0.05) is 52.3 Å². The maximum atomic E-state index is 12.6. The van der Waals surface area contributed by atoms with Crippen LogP contribution in [-0.2, 0) is 0 Å². The lowest BCUT2D eigenvalue weighted by molar-refractivity contribution is -0.385. The molecule has 1 heterocycles. The van der Waals surface area contributed by atoms with Crippen molar-refractivity contribution in [3.8, 4) is 11.3 Å². The minimum atomic E-state index is -0.470. The van der Waals surface area contributed by atoms with Crippen LogP contribution in [0.4, 0.5) is 5.69 Å². The van der Waals surface area contributed by atoms with Gasteiger partial charge in [0.2, 0.25) is 0 Å². The summed E-state index contributed by atoms with van der Waals surface area (Å²) in [6.07, 6.45) is 0. The van der Waals surface area contributed by atoms with E-state index in [2.05, 4.69) is 50.5 Å². The number of carbonyl (C=O) groups is 1. The van der Waals surface area contributed by atoms with Crippen LogP contribution in [0, 0.1) is 17.0 Å². The predicted octanol–water partition coefficient (Wildman–Crippen LogP) is 6.34. The average molecular weight is 510 g/mol. The van der Waals surface area contributed by atoms with Gasteiger partial charge in [0.1, 0.15) is 0 Å². The van der Waals surface area contributed by atoms with Gasteiger partial charge in [0, 0.05) is 49.8 Å². The van der Waals surface area contributed by atoms with Crippen LogP contribution in [0.3, 0.4) is 0 Å². The number of amides is 1. The number of hydrogen-bond donors (Lipinski definition) is 2. The molecule has 32 heavy (non-hydrogen) atoms. The molecule has 1 amide bonds. The first-order valence-corrected chi connectivity index (χ1v) is 11.7. The number of nitrogens with zero attached hydrogens (tertiary/aromatic N) is 1. The van der Waals surface area contributed by atoms with Crippen LogP contribution in [0.1, 0.15) is 15.9 Å². The summed E-state index contributed by atoms with van der Waals surface area (Å²) >= 11 is 5.15. The third-order valence-electron chi connectivity index (χ3n) is 5.17. The van der Waals surface area contributed by atoms with E-state index in [9.17, 15) is 14.9 Å². The van der Waals surface area contributed by atoms with Crippen molar-refractivity contribution in [2.24, 2.45) is 0 Å². The first-order valence-electron chi connectivity index (χ1n) is 9.97. The molecule has 162 valence electrons. The number of aromatic amines is 1. The van der Waals surface area contributed by atoms with E-state index < -0.39 is 4.92 Å². The lowest BCUT2D eigenvalue weighted by Gasteiger charge is -2.09. The largest absolute Gasteiger partial charge is 0.354 e. The van der Waals surface area contributed by atoms with Crippen molar-refractivity contribution >= 4 is 50.2 Å². The number of rotatable bonds is 7. The zero-order valence-electron chi connectivity index (χ0n) is 17.2. The van der Waals surface area contributed by atoms with Crippen LogP contribution in [0.15, 0.2) is 76.1 Å². The lowest BCUT2D eigenvalue weighted by atomic mass is 10.1. The van der Waals surface area contributed by atoms with Gasteiger partial charge in [-0.25, -0.2) is 0 Å². The number of thioether (sulfide) groups is 1. The van der Waals surface area contributed by atoms with Crippen molar-refractivity contribution in [3.05, 3.63) is 92.4 Å². The van der Waals surface area contributed by atoms with E-state index in [-0.39, 0.29) is 11.6 Å². The number of halogens is 1. The maximum absolute atomic E-state index is 12.6. The average Bonchev–Trinajstić information content (AvgIpc) is 3.15. The van der Waals surface area contributed by atoms with E-state index in [0.29, 0.717) is 23.4 Å². The van der Waals surface area contributed by atoms with Crippen molar-refractivity contribution in [2.75, 3.05) is 12.3 Å². The normalized spacial score (nSPS) is 10.9. The molecule has 0 aliphatic heterocycles. The topological polar surface area (TPSA) is 88.0 Å². The highest BCUT2D eigenvalue weighted by molar-refractivity contribution is 9.10. The second kappa shape index (κ2) is 9.58. The molecule has 0 radical (unpaired) electrons. The number of carbonyl (C=O) groups excluding carboxylic acids is 1. The van der Waals surface area contributed by atoms with Crippen molar-refractivity contribution in [3.63, 3.8) is 0 Å². The highest BCUT2D eigenvalue weighted by atomic mass is 79.9. The Kier molecular flexibility index (Phi) is 6.62. The van der Waals surface area contributed by atoms with E-state index in [1.165, 1.54) is 12.1 Å². The smallest absolute Gasteiger partial charge is 0.273 e. The molecular weight excluding hydrogens is 490 g/mol. The number of fused-ring (bicyclic) bond motifs is 1. The molecule has 0 atom stereocenters. The fourth-order valence-corrected chi connectivity index (χ4v) is 4.89. The van der Waals surface area contributed by atoms with Crippen molar-refractivity contribution < 1.29 is 9.72 Å². The van der Waals surface area contributed by atoms with Crippen molar-refractivity contribution in [1.29, 1.82) is 0 Å². The number of para-hydroxylation sites is 1. The molecule has 6 nitrogen and oxygen atoms in total. The van der Waals surface area contributed by atoms with Crippen molar-refractivity contribution in [2.45, 2.75) is 11.8 Å². The van der Waals surface area contributed by atoms with Gasteiger partial charge < -0.3 is 10.3 Å². The summed E-state index contributed by atoms with van der Waals surface area (Å²) in [7, 11) is 0. The van der Waals surface area contributed by atoms with E-state index in [1.807, 2.05) is 24.3 Å².